The van der Waals surface area contributed by atoms with Crippen LogP contribution in [0.3, 0.4) is 0 Å². The number of amides is 1. The molecule has 11 nitrogen and oxygen atoms in total. The number of carbonyl (C=O) groups is 1. The molecule has 2 heterocycles. The molecule has 0 aromatic heterocycles. The minimum atomic E-state index is -0.345. The first-order chi connectivity index (χ1) is 17.0. The summed E-state index contributed by atoms with van der Waals surface area (Å²) in [6, 6.07) is 8.52. The van der Waals surface area contributed by atoms with E-state index in [-0.39, 0.29) is 16.5 Å². The molecule has 1 amide bonds. The molecule has 2 saturated heterocycles. The quantitative estimate of drug-likeness (QED) is 0.431. The van der Waals surface area contributed by atoms with Crippen molar-refractivity contribution in [2.24, 2.45) is 0 Å². The summed E-state index contributed by atoms with van der Waals surface area (Å²) in [5.74, 6) is 1.16. The van der Waals surface area contributed by atoms with E-state index in [9.17, 15) is 14.9 Å². The maximum atomic E-state index is 13.2. The monoisotopic (exact) mass is 486 g/mol. The fourth-order valence-electron chi connectivity index (χ4n) is 4.48. The Kier molecular flexibility index (Phi) is 7.45. The predicted molar refractivity (Wildman–Crippen MR) is 130 cm³/mol. The van der Waals surface area contributed by atoms with Crippen LogP contribution in [0.25, 0.3) is 0 Å². The van der Waals surface area contributed by atoms with Crippen LogP contribution in [0.1, 0.15) is 10.4 Å². The molecular formula is C24H30N4O7. The molecule has 0 aliphatic carbocycles. The van der Waals surface area contributed by atoms with Gasteiger partial charge in [-0.15, -0.1) is 0 Å². The van der Waals surface area contributed by atoms with Crippen LogP contribution in [0.2, 0.25) is 0 Å². The molecule has 11 heteroatoms. The third-order valence-electron chi connectivity index (χ3n) is 6.35. The lowest BCUT2D eigenvalue weighted by Crippen LogP contribution is -2.48. The van der Waals surface area contributed by atoms with Crippen molar-refractivity contribution in [2.75, 3.05) is 83.6 Å². The van der Waals surface area contributed by atoms with Gasteiger partial charge in [0.2, 0.25) is 5.75 Å². The van der Waals surface area contributed by atoms with Gasteiger partial charge in [-0.3, -0.25) is 14.9 Å². The Morgan fingerprint density at radius 1 is 0.886 bits per heavy atom. The Morgan fingerprint density at radius 2 is 1.51 bits per heavy atom. The van der Waals surface area contributed by atoms with Gasteiger partial charge in [0.15, 0.2) is 11.5 Å². The van der Waals surface area contributed by atoms with Gasteiger partial charge in [-0.25, -0.2) is 0 Å². The van der Waals surface area contributed by atoms with E-state index in [0.717, 1.165) is 5.69 Å². The number of benzene rings is 2. The lowest BCUT2D eigenvalue weighted by atomic mass is 10.1. The minimum absolute atomic E-state index is 0.0897. The Labute approximate surface area is 203 Å². The van der Waals surface area contributed by atoms with Crippen molar-refractivity contribution in [3.8, 4) is 17.2 Å². The Hall–Kier alpha value is -3.73. The van der Waals surface area contributed by atoms with Gasteiger partial charge in [0.25, 0.3) is 11.6 Å². The zero-order valence-corrected chi connectivity index (χ0v) is 20.2. The van der Waals surface area contributed by atoms with Crippen molar-refractivity contribution >= 4 is 23.0 Å². The van der Waals surface area contributed by atoms with Gasteiger partial charge in [0, 0.05) is 56.6 Å². The predicted octanol–water partition coefficient (Wildman–Crippen LogP) is 2.42. The summed E-state index contributed by atoms with van der Waals surface area (Å²) in [5.41, 5.74) is 2.05. The van der Waals surface area contributed by atoms with E-state index in [1.807, 2.05) is 11.0 Å². The number of carbonyl (C=O) groups excluding carboxylic acids is 1. The van der Waals surface area contributed by atoms with Crippen molar-refractivity contribution in [1.29, 1.82) is 0 Å². The highest BCUT2D eigenvalue weighted by atomic mass is 16.6. The average Bonchev–Trinajstić information content (AvgIpc) is 2.91. The van der Waals surface area contributed by atoms with Gasteiger partial charge in [0.1, 0.15) is 5.69 Å². The number of hydrogen-bond donors (Lipinski definition) is 0. The minimum Gasteiger partial charge on any atom is -0.493 e. The highest BCUT2D eigenvalue weighted by Gasteiger charge is 2.27. The highest BCUT2D eigenvalue weighted by molar-refractivity contribution is 5.96. The molecule has 0 N–H and O–H groups in total. The Morgan fingerprint density at radius 3 is 2.06 bits per heavy atom. The van der Waals surface area contributed by atoms with Gasteiger partial charge < -0.3 is 33.6 Å². The number of nitrogens with zero attached hydrogens (tertiary/aromatic N) is 4. The molecule has 2 fully saturated rings. The van der Waals surface area contributed by atoms with E-state index in [0.29, 0.717) is 81.0 Å². The molecule has 2 aliphatic rings. The number of rotatable bonds is 7. The Bertz CT molecular complexity index is 1050. The third kappa shape index (κ3) is 5.04. The van der Waals surface area contributed by atoms with Crippen LogP contribution in [0.4, 0.5) is 17.1 Å². The molecule has 0 bridgehead atoms. The SMILES string of the molecule is COc1cc(C(=O)N2CCN(c3ccc([N+](=O)[O-])c(N4CCOCC4)c3)CC2)cc(OC)c1OC. The molecule has 2 aliphatic heterocycles. The summed E-state index contributed by atoms with van der Waals surface area (Å²) in [6.07, 6.45) is 0. The van der Waals surface area contributed by atoms with Gasteiger partial charge >= 0.3 is 0 Å². The van der Waals surface area contributed by atoms with E-state index in [4.69, 9.17) is 18.9 Å². The Balaban J connectivity index is 1.49. The number of nitro groups is 1. The van der Waals surface area contributed by atoms with Gasteiger partial charge in [-0.1, -0.05) is 0 Å². The average molecular weight is 487 g/mol. The van der Waals surface area contributed by atoms with Crippen LogP contribution in [-0.2, 0) is 4.74 Å². The number of methoxy groups -OCH3 is 3. The number of ether oxygens (including phenoxy) is 4. The zero-order valence-electron chi connectivity index (χ0n) is 20.2. The number of anilines is 2. The van der Waals surface area contributed by atoms with Crippen LogP contribution >= 0.6 is 0 Å². The summed E-state index contributed by atoms with van der Waals surface area (Å²) < 4.78 is 21.5. The molecule has 0 unspecified atom stereocenters. The van der Waals surface area contributed by atoms with E-state index >= 15 is 0 Å². The number of hydrogen-bond acceptors (Lipinski definition) is 9. The van der Waals surface area contributed by atoms with Crippen molar-refractivity contribution < 1.29 is 28.7 Å². The van der Waals surface area contributed by atoms with Gasteiger partial charge in [-0.05, 0) is 24.3 Å². The summed E-state index contributed by atoms with van der Waals surface area (Å²) in [7, 11) is 4.54. The number of morpholine rings is 1. The summed E-state index contributed by atoms with van der Waals surface area (Å²) in [6.45, 7) is 4.56. The van der Waals surface area contributed by atoms with Crippen molar-refractivity contribution in [1.82, 2.24) is 4.90 Å². The van der Waals surface area contributed by atoms with E-state index in [1.54, 1.807) is 29.2 Å². The summed E-state index contributed by atoms with van der Waals surface area (Å²) >= 11 is 0. The van der Waals surface area contributed by atoms with E-state index < -0.39 is 0 Å². The first-order valence-electron chi connectivity index (χ1n) is 11.4. The molecule has 0 saturated carbocycles. The fraction of sp³-hybridized carbons (Fsp3) is 0.458. The maximum absolute atomic E-state index is 13.2. The lowest BCUT2D eigenvalue weighted by molar-refractivity contribution is -0.384. The molecule has 35 heavy (non-hydrogen) atoms. The first-order valence-corrected chi connectivity index (χ1v) is 11.4. The van der Waals surface area contributed by atoms with Crippen molar-refractivity contribution in [3.05, 3.63) is 46.0 Å². The molecule has 0 spiro atoms. The molecule has 2 aromatic carbocycles. The topological polar surface area (TPSA) is 107 Å². The van der Waals surface area contributed by atoms with Crippen LogP contribution in [-0.4, -0.2) is 89.5 Å². The van der Waals surface area contributed by atoms with Crippen molar-refractivity contribution in [3.63, 3.8) is 0 Å². The smallest absolute Gasteiger partial charge is 0.292 e. The molecule has 4 rings (SSSR count). The van der Waals surface area contributed by atoms with Crippen molar-refractivity contribution in [2.45, 2.75) is 0 Å². The van der Waals surface area contributed by atoms with Crippen LogP contribution in [0.5, 0.6) is 17.2 Å². The molecule has 2 aromatic rings. The second-order valence-electron chi connectivity index (χ2n) is 8.22. The second kappa shape index (κ2) is 10.7. The van der Waals surface area contributed by atoms with E-state index in [1.165, 1.54) is 21.3 Å². The summed E-state index contributed by atoms with van der Waals surface area (Å²) in [5, 5.41) is 11.6. The summed E-state index contributed by atoms with van der Waals surface area (Å²) in [4.78, 5) is 30.4. The van der Waals surface area contributed by atoms with Crippen LogP contribution in [0.15, 0.2) is 30.3 Å². The van der Waals surface area contributed by atoms with Crippen LogP contribution in [0, 0.1) is 10.1 Å². The van der Waals surface area contributed by atoms with Crippen LogP contribution < -0.4 is 24.0 Å². The number of nitro benzene ring substituents is 1. The highest BCUT2D eigenvalue weighted by Crippen LogP contribution is 2.39. The fourth-order valence-corrected chi connectivity index (χ4v) is 4.48. The molecule has 188 valence electrons. The van der Waals surface area contributed by atoms with Gasteiger partial charge in [-0.2, -0.15) is 0 Å². The normalized spacial score (nSPS) is 16.1. The third-order valence-corrected chi connectivity index (χ3v) is 6.35. The largest absolute Gasteiger partial charge is 0.493 e. The first kappa shape index (κ1) is 24.4. The zero-order chi connectivity index (χ0) is 24.9. The van der Waals surface area contributed by atoms with Gasteiger partial charge in [0.05, 0.1) is 39.5 Å². The molecule has 0 atom stereocenters. The maximum Gasteiger partial charge on any atom is 0.292 e. The molecular weight excluding hydrogens is 456 g/mol. The number of piperazine rings is 1. The second-order valence-corrected chi connectivity index (χ2v) is 8.22. The molecule has 0 radical (unpaired) electrons. The van der Waals surface area contributed by atoms with E-state index in [2.05, 4.69) is 4.90 Å². The lowest BCUT2D eigenvalue weighted by Gasteiger charge is -2.37. The standard InChI is InChI=1S/C24H30N4O7/c1-32-21-14-17(15-22(33-2)23(21)34-3)24(29)27-8-6-25(7-9-27)18-4-5-19(28(30)31)20(16-18)26-10-12-35-13-11-26/h4-5,14-16H,6-13H2,1-3H3.